The summed E-state index contributed by atoms with van der Waals surface area (Å²) in [6.45, 7) is 0. The molecule has 134 valence electrons. The van der Waals surface area contributed by atoms with E-state index in [4.69, 9.17) is 8.94 Å². The van der Waals surface area contributed by atoms with Crippen LogP contribution in [0.4, 0.5) is 5.69 Å². The third kappa shape index (κ3) is 2.83. The van der Waals surface area contributed by atoms with Gasteiger partial charge in [0.15, 0.2) is 11.5 Å². The molecule has 0 saturated carbocycles. The zero-order valence-electron chi connectivity index (χ0n) is 14.3. The van der Waals surface area contributed by atoms with Gasteiger partial charge in [0.1, 0.15) is 0 Å². The minimum atomic E-state index is -0.358. The van der Waals surface area contributed by atoms with E-state index in [1.807, 2.05) is 16.9 Å². The van der Waals surface area contributed by atoms with E-state index in [1.165, 1.54) is 17.4 Å². The van der Waals surface area contributed by atoms with Crippen LogP contribution in [0.2, 0.25) is 0 Å². The van der Waals surface area contributed by atoms with Crippen LogP contribution in [0, 0.1) is 0 Å². The summed E-state index contributed by atoms with van der Waals surface area (Å²) < 4.78 is 12.3. The van der Waals surface area contributed by atoms with Crippen molar-refractivity contribution in [1.82, 2.24) is 14.9 Å². The predicted molar refractivity (Wildman–Crippen MR) is 97.3 cm³/mol. The van der Waals surface area contributed by atoms with Gasteiger partial charge in [0, 0.05) is 12.3 Å². The van der Waals surface area contributed by atoms with Gasteiger partial charge in [0.25, 0.3) is 5.91 Å². The molecule has 0 spiro atoms. The fourth-order valence-electron chi connectivity index (χ4n) is 3.49. The zero-order valence-corrected chi connectivity index (χ0v) is 14.3. The molecule has 0 bridgehead atoms. The van der Waals surface area contributed by atoms with Crippen LogP contribution in [0.3, 0.4) is 0 Å². The molecule has 3 heterocycles. The molecule has 1 amide bonds. The lowest BCUT2D eigenvalue weighted by Crippen LogP contribution is -2.12. The summed E-state index contributed by atoms with van der Waals surface area (Å²) in [4.78, 5) is 12.4. The Kier molecular flexibility index (Phi) is 3.64. The second kappa shape index (κ2) is 6.28. The number of hydrogen-bond acceptors (Lipinski definition) is 5. The average molecular weight is 360 g/mol. The second-order valence-corrected chi connectivity index (χ2v) is 6.47. The van der Waals surface area contributed by atoms with Crippen LogP contribution >= 0.6 is 0 Å². The number of aryl methyl sites for hydroxylation is 1. The van der Waals surface area contributed by atoms with Gasteiger partial charge in [-0.25, -0.2) is 0 Å². The van der Waals surface area contributed by atoms with Crippen LogP contribution in [-0.4, -0.2) is 20.8 Å². The van der Waals surface area contributed by atoms with E-state index >= 15 is 0 Å². The van der Waals surface area contributed by atoms with Crippen molar-refractivity contribution < 1.29 is 13.7 Å². The van der Waals surface area contributed by atoms with E-state index in [0.717, 1.165) is 12.8 Å². The van der Waals surface area contributed by atoms with Crippen molar-refractivity contribution in [3.63, 3.8) is 0 Å². The van der Waals surface area contributed by atoms with Gasteiger partial charge in [-0.15, -0.1) is 0 Å². The number of carbonyl (C=O) groups excluding carboxylic acids is 1. The van der Waals surface area contributed by atoms with Crippen molar-refractivity contribution in [1.29, 1.82) is 0 Å². The molecule has 0 radical (unpaired) electrons. The number of carbonyl (C=O) groups is 1. The molecule has 1 aromatic carbocycles. The molecule has 1 unspecified atom stereocenters. The summed E-state index contributed by atoms with van der Waals surface area (Å²) in [6.07, 6.45) is 7.07. The van der Waals surface area contributed by atoms with E-state index in [0.29, 0.717) is 17.2 Å². The number of hydrogen-bond donors (Lipinski definition) is 1. The molecule has 1 aliphatic rings. The first kappa shape index (κ1) is 15.6. The fraction of sp³-hybridized carbons (Fsp3) is 0.150. The Morgan fingerprint density at radius 2 is 2.11 bits per heavy atom. The topological polar surface area (TPSA) is 86.1 Å². The molecule has 1 aliphatic carbocycles. The third-order valence-corrected chi connectivity index (χ3v) is 4.79. The summed E-state index contributed by atoms with van der Waals surface area (Å²) >= 11 is 0. The maximum Gasteiger partial charge on any atom is 0.277 e. The van der Waals surface area contributed by atoms with Crippen molar-refractivity contribution in [3.8, 4) is 11.5 Å². The zero-order chi connectivity index (χ0) is 18.2. The molecule has 7 heteroatoms. The minimum absolute atomic E-state index is 0.181. The van der Waals surface area contributed by atoms with Crippen LogP contribution < -0.4 is 5.32 Å². The van der Waals surface area contributed by atoms with Gasteiger partial charge < -0.3 is 14.3 Å². The largest absolute Gasteiger partial charge is 0.461 e. The first-order chi connectivity index (χ1) is 13.3. The standard InChI is InChI=1S/C20H16N4O3/c25-20(16-10-19(27-23-16)18-6-3-9-26-18)22-14-11-21-24(12-14)17-8-7-13-4-1-2-5-15(13)17/h1-6,9-12,17H,7-8H2,(H,22,25). The van der Waals surface area contributed by atoms with E-state index < -0.39 is 0 Å². The summed E-state index contributed by atoms with van der Waals surface area (Å²) in [5.41, 5.74) is 3.45. The second-order valence-electron chi connectivity index (χ2n) is 6.47. The van der Waals surface area contributed by atoms with Gasteiger partial charge in [-0.3, -0.25) is 9.48 Å². The Bertz CT molecular complexity index is 1090. The lowest BCUT2D eigenvalue weighted by Gasteiger charge is -2.11. The van der Waals surface area contributed by atoms with Crippen molar-refractivity contribution in [3.05, 3.63) is 77.9 Å². The maximum atomic E-state index is 12.4. The molecule has 7 nitrogen and oxygen atoms in total. The van der Waals surface area contributed by atoms with Gasteiger partial charge in [-0.2, -0.15) is 5.10 Å². The number of benzene rings is 1. The highest BCUT2D eigenvalue weighted by Gasteiger charge is 2.24. The molecule has 5 rings (SSSR count). The summed E-state index contributed by atoms with van der Waals surface area (Å²) in [7, 11) is 0. The summed E-state index contributed by atoms with van der Waals surface area (Å²) in [5, 5.41) is 11.1. The van der Waals surface area contributed by atoms with E-state index in [1.54, 1.807) is 24.4 Å². The number of fused-ring (bicyclic) bond motifs is 1. The molecule has 0 fully saturated rings. The van der Waals surface area contributed by atoms with E-state index in [2.05, 4.69) is 33.8 Å². The van der Waals surface area contributed by atoms with Crippen LogP contribution in [0.1, 0.15) is 34.1 Å². The highest BCUT2D eigenvalue weighted by atomic mass is 16.5. The minimum Gasteiger partial charge on any atom is -0.461 e. The Hall–Kier alpha value is -3.61. The van der Waals surface area contributed by atoms with E-state index in [-0.39, 0.29) is 17.6 Å². The Balaban J connectivity index is 1.32. The highest BCUT2D eigenvalue weighted by Crippen LogP contribution is 2.34. The Morgan fingerprint density at radius 1 is 1.19 bits per heavy atom. The third-order valence-electron chi connectivity index (χ3n) is 4.79. The monoisotopic (exact) mass is 360 g/mol. The molecular formula is C20H16N4O3. The van der Waals surface area contributed by atoms with Crippen LogP contribution in [0.5, 0.6) is 0 Å². The van der Waals surface area contributed by atoms with Crippen LogP contribution in [0.25, 0.3) is 11.5 Å². The molecule has 0 aliphatic heterocycles. The molecule has 4 aromatic rings. The van der Waals surface area contributed by atoms with Crippen molar-refractivity contribution in [2.24, 2.45) is 0 Å². The van der Waals surface area contributed by atoms with Crippen LogP contribution in [0.15, 0.2) is 70.1 Å². The van der Waals surface area contributed by atoms with E-state index in [9.17, 15) is 4.79 Å². The fourth-order valence-corrected chi connectivity index (χ4v) is 3.49. The highest BCUT2D eigenvalue weighted by molar-refractivity contribution is 6.03. The predicted octanol–water partition coefficient (Wildman–Crippen LogP) is 3.92. The molecule has 1 atom stereocenters. The first-order valence-corrected chi connectivity index (χ1v) is 8.72. The summed E-state index contributed by atoms with van der Waals surface area (Å²) in [6, 6.07) is 13.6. The number of amides is 1. The lowest BCUT2D eigenvalue weighted by atomic mass is 10.1. The Labute approximate surface area is 154 Å². The molecule has 27 heavy (non-hydrogen) atoms. The van der Waals surface area contributed by atoms with Gasteiger partial charge >= 0.3 is 0 Å². The molecule has 3 aromatic heterocycles. The molecule has 1 N–H and O–H groups in total. The van der Waals surface area contributed by atoms with Crippen molar-refractivity contribution in [2.75, 3.05) is 5.32 Å². The van der Waals surface area contributed by atoms with Crippen molar-refractivity contribution >= 4 is 11.6 Å². The normalized spacial score (nSPS) is 15.6. The number of aromatic nitrogens is 3. The number of anilines is 1. The maximum absolute atomic E-state index is 12.4. The number of nitrogens with one attached hydrogen (secondary N) is 1. The van der Waals surface area contributed by atoms with Gasteiger partial charge in [-0.05, 0) is 36.1 Å². The molecule has 0 saturated heterocycles. The summed E-state index contributed by atoms with van der Waals surface area (Å²) in [5.74, 6) is 0.570. The first-order valence-electron chi connectivity index (χ1n) is 8.72. The van der Waals surface area contributed by atoms with Gasteiger partial charge in [0.05, 0.1) is 24.2 Å². The quantitative estimate of drug-likeness (QED) is 0.596. The Morgan fingerprint density at radius 3 is 3.00 bits per heavy atom. The number of rotatable bonds is 4. The number of nitrogens with zero attached hydrogens (tertiary/aromatic N) is 3. The van der Waals surface area contributed by atoms with Crippen LogP contribution in [-0.2, 0) is 6.42 Å². The average Bonchev–Trinajstić information content (AvgIpc) is 3.46. The van der Waals surface area contributed by atoms with Crippen molar-refractivity contribution in [2.45, 2.75) is 18.9 Å². The SMILES string of the molecule is O=C(Nc1cnn(C2CCc3ccccc32)c1)c1cc(-c2ccco2)on1. The van der Waals surface area contributed by atoms with Gasteiger partial charge in [0.2, 0.25) is 5.76 Å². The smallest absolute Gasteiger partial charge is 0.277 e. The lowest BCUT2D eigenvalue weighted by molar-refractivity contribution is 0.101. The number of furan rings is 1. The molecular weight excluding hydrogens is 344 g/mol. The van der Waals surface area contributed by atoms with Gasteiger partial charge in [-0.1, -0.05) is 29.4 Å².